The van der Waals surface area contributed by atoms with Gasteiger partial charge in [-0.15, -0.1) is 0 Å². The minimum Gasteiger partial charge on any atom is -0.379 e. The SMILES string of the molecule is Fc1ccc2nc(NCCOCC3CC3)[nH]c2c1. The molecule has 4 nitrogen and oxygen atoms in total. The normalized spacial score (nSPS) is 15.2. The minimum absolute atomic E-state index is 0.259. The lowest BCUT2D eigenvalue weighted by molar-refractivity contribution is 0.134. The highest BCUT2D eigenvalue weighted by Crippen LogP contribution is 2.28. The number of fused-ring (bicyclic) bond motifs is 1. The summed E-state index contributed by atoms with van der Waals surface area (Å²) in [5, 5.41) is 3.13. The number of imidazole rings is 1. The van der Waals surface area contributed by atoms with Gasteiger partial charge in [-0.1, -0.05) is 0 Å². The largest absolute Gasteiger partial charge is 0.379 e. The van der Waals surface area contributed by atoms with E-state index in [4.69, 9.17) is 4.74 Å². The lowest BCUT2D eigenvalue weighted by atomic mass is 10.3. The molecule has 5 heteroatoms. The van der Waals surface area contributed by atoms with E-state index in [0.717, 1.165) is 18.0 Å². The Labute approximate surface area is 105 Å². The first-order valence-electron chi connectivity index (χ1n) is 6.28. The number of hydrogen-bond donors (Lipinski definition) is 2. The number of ether oxygens (including phenoxy) is 1. The first kappa shape index (κ1) is 11.5. The molecule has 0 unspecified atom stereocenters. The highest BCUT2D eigenvalue weighted by Gasteiger charge is 2.20. The number of hydrogen-bond acceptors (Lipinski definition) is 3. The van der Waals surface area contributed by atoms with Crippen LogP contribution in [0.2, 0.25) is 0 Å². The highest BCUT2D eigenvalue weighted by atomic mass is 19.1. The van der Waals surface area contributed by atoms with Crippen molar-refractivity contribution in [1.29, 1.82) is 0 Å². The van der Waals surface area contributed by atoms with Crippen molar-refractivity contribution in [2.75, 3.05) is 25.1 Å². The lowest BCUT2D eigenvalue weighted by Gasteiger charge is -2.03. The van der Waals surface area contributed by atoms with Crippen molar-refractivity contribution in [3.05, 3.63) is 24.0 Å². The van der Waals surface area contributed by atoms with Crippen LogP contribution in [0, 0.1) is 11.7 Å². The molecule has 0 radical (unpaired) electrons. The highest BCUT2D eigenvalue weighted by molar-refractivity contribution is 5.77. The van der Waals surface area contributed by atoms with Gasteiger partial charge in [-0.25, -0.2) is 9.37 Å². The summed E-state index contributed by atoms with van der Waals surface area (Å²) in [6, 6.07) is 4.51. The molecule has 1 aromatic heterocycles. The van der Waals surface area contributed by atoms with Gasteiger partial charge >= 0.3 is 0 Å². The molecule has 1 saturated carbocycles. The van der Waals surface area contributed by atoms with Gasteiger partial charge in [0.25, 0.3) is 0 Å². The number of rotatable bonds is 6. The van der Waals surface area contributed by atoms with Crippen LogP contribution in [-0.4, -0.2) is 29.7 Å². The van der Waals surface area contributed by atoms with Crippen LogP contribution in [0.3, 0.4) is 0 Å². The van der Waals surface area contributed by atoms with Crippen molar-refractivity contribution in [3.63, 3.8) is 0 Å². The third kappa shape index (κ3) is 2.79. The average Bonchev–Trinajstić information content (AvgIpc) is 3.08. The quantitative estimate of drug-likeness (QED) is 0.773. The van der Waals surface area contributed by atoms with Gasteiger partial charge < -0.3 is 15.0 Å². The summed E-state index contributed by atoms with van der Waals surface area (Å²) in [5.74, 6) is 1.19. The van der Waals surface area contributed by atoms with Crippen LogP contribution in [0.1, 0.15) is 12.8 Å². The maximum atomic E-state index is 13.0. The van der Waals surface area contributed by atoms with Gasteiger partial charge in [0.1, 0.15) is 5.82 Å². The Morgan fingerprint density at radius 2 is 2.33 bits per heavy atom. The van der Waals surface area contributed by atoms with Crippen LogP contribution < -0.4 is 5.32 Å². The number of nitrogens with zero attached hydrogens (tertiary/aromatic N) is 1. The smallest absolute Gasteiger partial charge is 0.201 e. The van der Waals surface area contributed by atoms with Crippen molar-refractivity contribution in [3.8, 4) is 0 Å². The van der Waals surface area contributed by atoms with Gasteiger partial charge in [-0.2, -0.15) is 0 Å². The number of H-pyrrole nitrogens is 1. The van der Waals surface area contributed by atoms with E-state index in [0.29, 0.717) is 24.6 Å². The molecule has 0 amide bonds. The second-order valence-electron chi connectivity index (χ2n) is 4.69. The molecule has 3 rings (SSSR count). The summed E-state index contributed by atoms with van der Waals surface area (Å²) >= 11 is 0. The zero-order chi connectivity index (χ0) is 12.4. The molecule has 1 fully saturated rings. The van der Waals surface area contributed by atoms with E-state index in [9.17, 15) is 4.39 Å². The predicted octanol–water partition coefficient (Wildman–Crippen LogP) is 2.54. The van der Waals surface area contributed by atoms with E-state index in [-0.39, 0.29) is 5.82 Å². The minimum atomic E-state index is -0.259. The third-order valence-corrected chi connectivity index (χ3v) is 3.03. The number of anilines is 1. The Morgan fingerprint density at radius 1 is 1.44 bits per heavy atom. The molecule has 0 spiro atoms. The van der Waals surface area contributed by atoms with E-state index in [1.54, 1.807) is 6.07 Å². The molecule has 0 bridgehead atoms. The summed E-state index contributed by atoms with van der Waals surface area (Å²) in [7, 11) is 0. The van der Waals surface area contributed by atoms with Crippen LogP contribution in [-0.2, 0) is 4.74 Å². The van der Waals surface area contributed by atoms with Crippen LogP contribution >= 0.6 is 0 Å². The number of halogens is 1. The van der Waals surface area contributed by atoms with E-state index >= 15 is 0 Å². The molecule has 0 aliphatic heterocycles. The fourth-order valence-electron chi connectivity index (χ4n) is 1.84. The van der Waals surface area contributed by atoms with Gasteiger partial charge in [0.2, 0.25) is 5.95 Å². The summed E-state index contributed by atoms with van der Waals surface area (Å²) in [6.07, 6.45) is 2.62. The monoisotopic (exact) mass is 249 g/mol. The number of nitrogens with one attached hydrogen (secondary N) is 2. The van der Waals surface area contributed by atoms with Crippen LogP contribution in [0.4, 0.5) is 10.3 Å². The molecule has 0 atom stereocenters. The average molecular weight is 249 g/mol. The van der Waals surface area contributed by atoms with Crippen molar-refractivity contribution < 1.29 is 9.13 Å². The molecule has 1 aliphatic rings. The molecule has 1 heterocycles. The Bertz CT molecular complexity index is 536. The maximum Gasteiger partial charge on any atom is 0.201 e. The molecular formula is C13H16FN3O. The molecule has 2 aromatic rings. The topological polar surface area (TPSA) is 49.9 Å². The zero-order valence-electron chi connectivity index (χ0n) is 10.1. The first-order valence-corrected chi connectivity index (χ1v) is 6.28. The van der Waals surface area contributed by atoms with Gasteiger partial charge in [0.15, 0.2) is 0 Å². The second kappa shape index (κ2) is 4.94. The van der Waals surface area contributed by atoms with Crippen LogP contribution in [0.5, 0.6) is 0 Å². The molecule has 0 saturated heterocycles. The molecule has 18 heavy (non-hydrogen) atoms. The van der Waals surface area contributed by atoms with Crippen molar-refractivity contribution in [2.45, 2.75) is 12.8 Å². The lowest BCUT2D eigenvalue weighted by Crippen LogP contribution is -2.11. The number of aromatic nitrogens is 2. The summed E-state index contributed by atoms with van der Waals surface area (Å²) < 4.78 is 18.5. The Kier molecular flexibility index (Phi) is 3.15. The summed E-state index contributed by atoms with van der Waals surface area (Å²) in [4.78, 5) is 7.34. The Balaban J connectivity index is 1.50. The number of benzene rings is 1. The summed E-state index contributed by atoms with van der Waals surface area (Å²) in [6.45, 7) is 2.24. The Morgan fingerprint density at radius 3 is 3.17 bits per heavy atom. The molecular weight excluding hydrogens is 233 g/mol. The van der Waals surface area contributed by atoms with E-state index in [1.807, 2.05) is 0 Å². The van der Waals surface area contributed by atoms with Gasteiger partial charge in [-0.05, 0) is 37.0 Å². The van der Waals surface area contributed by atoms with Crippen molar-refractivity contribution in [2.24, 2.45) is 5.92 Å². The predicted molar refractivity (Wildman–Crippen MR) is 68.1 cm³/mol. The standard InChI is InChI=1S/C13H16FN3O/c14-10-3-4-11-12(7-10)17-13(16-11)15-5-6-18-8-9-1-2-9/h3-4,7,9H,1-2,5-6,8H2,(H2,15,16,17). The second-order valence-corrected chi connectivity index (χ2v) is 4.69. The molecule has 96 valence electrons. The first-order chi connectivity index (χ1) is 8.81. The Hall–Kier alpha value is -1.62. The fraction of sp³-hybridized carbons (Fsp3) is 0.462. The van der Waals surface area contributed by atoms with Gasteiger partial charge in [-0.3, -0.25) is 0 Å². The van der Waals surface area contributed by atoms with E-state index in [2.05, 4.69) is 15.3 Å². The van der Waals surface area contributed by atoms with Gasteiger partial charge in [0.05, 0.1) is 17.6 Å². The van der Waals surface area contributed by atoms with Crippen LogP contribution in [0.25, 0.3) is 11.0 Å². The molecule has 1 aliphatic carbocycles. The maximum absolute atomic E-state index is 13.0. The van der Waals surface area contributed by atoms with Crippen molar-refractivity contribution in [1.82, 2.24) is 9.97 Å². The fourth-order valence-corrected chi connectivity index (χ4v) is 1.84. The van der Waals surface area contributed by atoms with E-state index < -0.39 is 0 Å². The van der Waals surface area contributed by atoms with E-state index in [1.165, 1.54) is 25.0 Å². The molecule has 1 aromatic carbocycles. The summed E-state index contributed by atoms with van der Waals surface area (Å²) in [5.41, 5.74) is 1.47. The third-order valence-electron chi connectivity index (χ3n) is 3.03. The molecule has 2 N–H and O–H groups in total. The zero-order valence-corrected chi connectivity index (χ0v) is 10.1. The van der Waals surface area contributed by atoms with Gasteiger partial charge in [0, 0.05) is 13.2 Å². The number of aromatic amines is 1. The van der Waals surface area contributed by atoms with Crippen molar-refractivity contribution >= 4 is 17.0 Å². The van der Waals surface area contributed by atoms with Crippen LogP contribution in [0.15, 0.2) is 18.2 Å².